The molecule has 1 heterocycles. The smallest absolute Gasteiger partial charge is 0.140 e. The van der Waals surface area contributed by atoms with E-state index in [2.05, 4.69) is 35.2 Å². The first-order valence-corrected chi connectivity index (χ1v) is 9.45. The summed E-state index contributed by atoms with van der Waals surface area (Å²) >= 11 is 6.19. The third-order valence-corrected chi connectivity index (χ3v) is 5.90. The molecule has 4 rings (SSSR count). The molecule has 2 aromatic carbocycles. The Balaban J connectivity index is 1.62. The molecule has 3 atom stereocenters. The fourth-order valence-corrected chi connectivity index (χ4v) is 4.38. The minimum Gasteiger partial charge on any atom is -0.484 e. The molecule has 26 heavy (non-hydrogen) atoms. The van der Waals surface area contributed by atoms with Gasteiger partial charge in [-0.2, -0.15) is 5.26 Å². The van der Waals surface area contributed by atoms with Crippen molar-refractivity contribution in [3.63, 3.8) is 0 Å². The second-order valence-electron chi connectivity index (χ2n) is 7.15. The van der Waals surface area contributed by atoms with Crippen molar-refractivity contribution in [2.24, 2.45) is 11.7 Å². The van der Waals surface area contributed by atoms with Crippen LogP contribution in [0.25, 0.3) is 0 Å². The molecular formula is C21H22ClN3O. The number of benzene rings is 2. The normalized spacial score (nSPS) is 25.0. The van der Waals surface area contributed by atoms with Crippen LogP contribution in [0.1, 0.15) is 29.2 Å². The standard InChI is InChI=1S/C21H22ClN3O/c22-19-10-17(6-5-16(19)12-24)26-21-18-4-2-1-3-15(18)9-20(21)25-8-7-14(11-23)13-25/h1-6,10,14,20-21H,7-9,11,13,23H2/t14-,20?,21-/m1/s1. The molecule has 0 bridgehead atoms. The highest BCUT2D eigenvalue weighted by Gasteiger charge is 2.40. The van der Waals surface area contributed by atoms with Crippen molar-refractivity contribution in [3.8, 4) is 11.8 Å². The van der Waals surface area contributed by atoms with Crippen LogP contribution >= 0.6 is 11.6 Å². The SMILES string of the molecule is N#Cc1ccc(O[C@@H]2c3ccccc3CC2N2CC[C@H](CN)C2)cc1Cl. The highest BCUT2D eigenvalue weighted by molar-refractivity contribution is 6.31. The Morgan fingerprint density at radius 3 is 2.85 bits per heavy atom. The molecule has 5 heteroatoms. The maximum atomic E-state index is 9.07. The second-order valence-corrected chi connectivity index (χ2v) is 7.55. The number of ether oxygens (including phenoxy) is 1. The fourth-order valence-electron chi connectivity index (χ4n) is 4.16. The van der Waals surface area contributed by atoms with E-state index in [9.17, 15) is 0 Å². The molecule has 1 unspecified atom stereocenters. The molecule has 134 valence electrons. The van der Waals surface area contributed by atoms with Crippen LogP contribution in [-0.2, 0) is 6.42 Å². The largest absolute Gasteiger partial charge is 0.484 e. The van der Waals surface area contributed by atoms with Crippen LogP contribution in [0.4, 0.5) is 0 Å². The van der Waals surface area contributed by atoms with Gasteiger partial charge < -0.3 is 10.5 Å². The quantitative estimate of drug-likeness (QED) is 0.897. The van der Waals surface area contributed by atoms with Gasteiger partial charge in [-0.1, -0.05) is 35.9 Å². The number of fused-ring (bicyclic) bond motifs is 1. The number of rotatable bonds is 4. The summed E-state index contributed by atoms with van der Waals surface area (Å²) < 4.78 is 6.41. The number of hydrogen-bond acceptors (Lipinski definition) is 4. The predicted molar refractivity (Wildman–Crippen MR) is 102 cm³/mol. The maximum Gasteiger partial charge on any atom is 0.140 e. The molecule has 2 aliphatic rings. The third-order valence-electron chi connectivity index (χ3n) is 5.58. The summed E-state index contributed by atoms with van der Waals surface area (Å²) in [5, 5.41) is 9.49. The maximum absolute atomic E-state index is 9.07. The van der Waals surface area contributed by atoms with E-state index in [-0.39, 0.29) is 6.10 Å². The lowest BCUT2D eigenvalue weighted by atomic mass is 10.1. The lowest BCUT2D eigenvalue weighted by Gasteiger charge is -2.30. The summed E-state index contributed by atoms with van der Waals surface area (Å²) in [5.74, 6) is 1.28. The van der Waals surface area contributed by atoms with Crippen molar-refractivity contribution in [3.05, 3.63) is 64.2 Å². The van der Waals surface area contributed by atoms with Crippen LogP contribution in [0.15, 0.2) is 42.5 Å². The van der Waals surface area contributed by atoms with Crippen LogP contribution in [0.2, 0.25) is 5.02 Å². The number of nitrogens with two attached hydrogens (primary N) is 1. The average molecular weight is 368 g/mol. The second kappa shape index (κ2) is 7.28. The Morgan fingerprint density at radius 1 is 1.27 bits per heavy atom. The molecule has 1 saturated heterocycles. The van der Waals surface area contributed by atoms with Crippen LogP contribution in [0.3, 0.4) is 0 Å². The third kappa shape index (κ3) is 3.19. The average Bonchev–Trinajstić information content (AvgIpc) is 3.27. The predicted octanol–water partition coefficient (Wildman–Crippen LogP) is 3.54. The zero-order valence-corrected chi connectivity index (χ0v) is 15.3. The Morgan fingerprint density at radius 2 is 2.12 bits per heavy atom. The van der Waals surface area contributed by atoms with Crippen molar-refractivity contribution in [2.45, 2.75) is 25.0 Å². The highest BCUT2D eigenvalue weighted by atomic mass is 35.5. The number of hydrogen-bond donors (Lipinski definition) is 1. The van der Waals surface area contributed by atoms with Gasteiger partial charge in [0.25, 0.3) is 0 Å². The Hall–Kier alpha value is -2.06. The monoisotopic (exact) mass is 367 g/mol. The van der Waals surface area contributed by atoms with Crippen molar-refractivity contribution in [1.82, 2.24) is 4.90 Å². The molecule has 0 amide bonds. The van der Waals surface area contributed by atoms with Crippen molar-refractivity contribution in [1.29, 1.82) is 5.26 Å². The molecule has 2 aromatic rings. The highest BCUT2D eigenvalue weighted by Crippen LogP contribution is 2.40. The molecule has 4 nitrogen and oxygen atoms in total. The molecule has 1 aliphatic heterocycles. The van der Waals surface area contributed by atoms with Gasteiger partial charge in [0, 0.05) is 12.6 Å². The zero-order valence-electron chi connectivity index (χ0n) is 14.6. The summed E-state index contributed by atoms with van der Waals surface area (Å²) in [4.78, 5) is 2.52. The minimum absolute atomic E-state index is 0.0354. The van der Waals surface area contributed by atoms with Crippen LogP contribution in [0, 0.1) is 17.2 Å². The van der Waals surface area contributed by atoms with Crippen molar-refractivity contribution < 1.29 is 4.74 Å². The van der Waals surface area contributed by atoms with Crippen LogP contribution in [0.5, 0.6) is 5.75 Å². The van der Waals surface area contributed by atoms with E-state index >= 15 is 0 Å². The minimum atomic E-state index is -0.0354. The van der Waals surface area contributed by atoms with E-state index in [1.165, 1.54) is 11.1 Å². The number of nitrogens with zero attached hydrogens (tertiary/aromatic N) is 2. The Labute approximate surface area is 159 Å². The number of likely N-dealkylation sites (tertiary alicyclic amines) is 1. The Kier molecular flexibility index (Phi) is 4.86. The molecule has 0 spiro atoms. The summed E-state index contributed by atoms with van der Waals surface area (Å²) in [5.41, 5.74) is 8.94. The fraction of sp³-hybridized carbons (Fsp3) is 0.381. The van der Waals surface area contributed by atoms with E-state index in [0.717, 1.165) is 32.5 Å². The molecule has 1 fully saturated rings. The lowest BCUT2D eigenvalue weighted by Crippen LogP contribution is -2.39. The summed E-state index contributed by atoms with van der Waals surface area (Å²) in [6.07, 6.45) is 2.10. The molecule has 0 saturated carbocycles. The van der Waals surface area contributed by atoms with E-state index in [1.807, 2.05) is 6.07 Å². The first kappa shape index (κ1) is 17.4. The first-order valence-electron chi connectivity index (χ1n) is 9.08. The van der Waals surface area contributed by atoms with Gasteiger partial charge in [-0.3, -0.25) is 4.90 Å². The van der Waals surface area contributed by atoms with Gasteiger partial charge in [-0.25, -0.2) is 0 Å². The molecule has 0 radical (unpaired) electrons. The topological polar surface area (TPSA) is 62.3 Å². The van der Waals surface area contributed by atoms with Gasteiger partial charge >= 0.3 is 0 Å². The molecule has 1 aliphatic carbocycles. The van der Waals surface area contributed by atoms with Gasteiger partial charge in [0.2, 0.25) is 0 Å². The number of halogens is 1. The summed E-state index contributed by atoms with van der Waals surface area (Å²) in [6, 6.07) is 16.2. The first-order chi connectivity index (χ1) is 12.7. The van der Waals surface area contributed by atoms with E-state index in [0.29, 0.717) is 28.3 Å². The van der Waals surface area contributed by atoms with Crippen LogP contribution in [-0.4, -0.2) is 30.6 Å². The number of nitriles is 1. The van der Waals surface area contributed by atoms with Gasteiger partial charge in [-0.05, 0) is 55.1 Å². The van der Waals surface area contributed by atoms with Gasteiger partial charge in [-0.15, -0.1) is 0 Å². The van der Waals surface area contributed by atoms with Gasteiger partial charge in [0.1, 0.15) is 17.9 Å². The molecule has 2 N–H and O–H groups in total. The zero-order chi connectivity index (χ0) is 18.1. The van der Waals surface area contributed by atoms with Gasteiger partial charge in [0.05, 0.1) is 16.6 Å². The van der Waals surface area contributed by atoms with Crippen LogP contribution < -0.4 is 10.5 Å². The summed E-state index contributed by atoms with van der Waals surface area (Å²) in [7, 11) is 0. The Bertz CT molecular complexity index is 847. The van der Waals surface area contributed by atoms with Gasteiger partial charge in [0.15, 0.2) is 0 Å². The van der Waals surface area contributed by atoms with E-state index in [1.54, 1.807) is 12.1 Å². The summed E-state index contributed by atoms with van der Waals surface area (Å²) in [6.45, 7) is 2.84. The lowest BCUT2D eigenvalue weighted by molar-refractivity contribution is 0.0917. The molecule has 0 aromatic heterocycles. The molecular weight excluding hydrogens is 346 g/mol. The van der Waals surface area contributed by atoms with E-state index in [4.69, 9.17) is 27.3 Å². The van der Waals surface area contributed by atoms with E-state index < -0.39 is 0 Å². The van der Waals surface area contributed by atoms with Crippen molar-refractivity contribution in [2.75, 3.05) is 19.6 Å². The van der Waals surface area contributed by atoms with Crippen molar-refractivity contribution >= 4 is 11.6 Å².